The average molecular weight is 571 g/mol. The highest BCUT2D eigenvalue weighted by atomic mass is 14.3. The van der Waals surface area contributed by atoms with Crippen LogP contribution in [0.2, 0.25) is 0 Å². The maximum Gasteiger partial charge on any atom is -0.0154 e. The second-order valence-corrected chi connectivity index (χ2v) is 14.8. The van der Waals surface area contributed by atoms with Crippen molar-refractivity contribution >= 4 is 0 Å². The molecule has 0 heterocycles. The largest absolute Gasteiger partial charge is 0.0654 e. The third-order valence-electron chi connectivity index (χ3n) is 11.5. The van der Waals surface area contributed by atoms with Gasteiger partial charge in [0.15, 0.2) is 0 Å². The zero-order chi connectivity index (χ0) is 29.6. The lowest BCUT2D eigenvalue weighted by molar-refractivity contribution is 0.248. The van der Waals surface area contributed by atoms with Crippen molar-refractivity contribution in [1.29, 1.82) is 0 Å². The molecule has 2 aromatic carbocycles. The first-order chi connectivity index (χ1) is 20.6. The predicted molar refractivity (Wildman–Crippen MR) is 186 cm³/mol. The van der Waals surface area contributed by atoms with Crippen LogP contribution in [0.25, 0.3) is 11.1 Å². The lowest BCUT2D eigenvalue weighted by Crippen LogP contribution is -2.15. The minimum Gasteiger partial charge on any atom is -0.0654 e. The van der Waals surface area contributed by atoms with Crippen LogP contribution in [0.15, 0.2) is 36.4 Å². The van der Waals surface area contributed by atoms with Crippen molar-refractivity contribution in [3.8, 4) is 11.1 Å². The highest BCUT2D eigenvalue weighted by Gasteiger charge is 2.22. The van der Waals surface area contributed by atoms with Gasteiger partial charge in [0, 0.05) is 0 Å². The quantitative estimate of drug-likeness (QED) is 0.166. The van der Waals surface area contributed by atoms with E-state index in [0.717, 1.165) is 23.7 Å². The summed E-state index contributed by atoms with van der Waals surface area (Å²) in [6.45, 7) is 9.32. The second-order valence-electron chi connectivity index (χ2n) is 14.8. The fraction of sp³-hybridized carbons (Fsp3) is 0.714. The monoisotopic (exact) mass is 571 g/mol. The van der Waals surface area contributed by atoms with Gasteiger partial charge in [0.25, 0.3) is 0 Å². The molecule has 2 aliphatic carbocycles. The summed E-state index contributed by atoms with van der Waals surface area (Å²) in [4.78, 5) is 0. The standard InChI is InChI=1S/C42H66/c1-5-7-8-9-10-11-12-14-36-17-21-38(22-18-36)25-27-40-28-29-41(32-33(40)3)42-30-26-39(31-34(42)4)24-23-37-19-15-35(13-6-2)16-20-37/h26,28-32,35-38H,5-25,27H2,1-4H3/t35-,36-,37-,38-. The smallest absolute Gasteiger partial charge is 0.0154 e. The maximum absolute atomic E-state index is 2.48. The Kier molecular flexibility index (Phi) is 14.5. The van der Waals surface area contributed by atoms with E-state index >= 15 is 0 Å². The third-order valence-corrected chi connectivity index (χ3v) is 11.5. The summed E-state index contributed by atoms with van der Waals surface area (Å²) in [5.74, 6) is 3.96. The molecule has 0 unspecified atom stereocenters. The van der Waals surface area contributed by atoms with E-state index in [0.29, 0.717) is 0 Å². The normalized spacial score (nSPS) is 22.9. The fourth-order valence-electron chi connectivity index (χ4n) is 8.50. The van der Waals surface area contributed by atoms with Crippen molar-refractivity contribution in [3.63, 3.8) is 0 Å². The molecule has 0 saturated heterocycles. The minimum atomic E-state index is 0.954. The molecular weight excluding hydrogens is 504 g/mol. The van der Waals surface area contributed by atoms with E-state index in [2.05, 4.69) is 64.1 Å². The minimum absolute atomic E-state index is 0.954. The molecule has 4 rings (SSSR count). The Morgan fingerprint density at radius 1 is 0.500 bits per heavy atom. The maximum atomic E-state index is 2.48. The summed E-state index contributed by atoms with van der Waals surface area (Å²) >= 11 is 0. The Morgan fingerprint density at radius 2 is 1.07 bits per heavy atom. The summed E-state index contributed by atoms with van der Waals surface area (Å²) in [6, 6.07) is 14.6. The van der Waals surface area contributed by atoms with E-state index < -0.39 is 0 Å². The molecule has 0 radical (unpaired) electrons. The van der Waals surface area contributed by atoms with Gasteiger partial charge in [-0.05, 0) is 96.6 Å². The van der Waals surface area contributed by atoms with Gasteiger partial charge >= 0.3 is 0 Å². The Balaban J connectivity index is 1.17. The van der Waals surface area contributed by atoms with Gasteiger partial charge in [-0.25, -0.2) is 0 Å². The SMILES string of the molecule is CCCCCCCCC[C@H]1CC[C@H](CCc2ccc(-c3ccc(CC[C@H]4CC[C@H](CCC)CC4)cc3C)cc2C)CC1. The van der Waals surface area contributed by atoms with Crippen molar-refractivity contribution in [2.24, 2.45) is 23.7 Å². The number of hydrogen-bond donors (Lipinski definition) is 0. The van der Waals surface area contributed by atoms with Crippen LogP contribution < -0.4 is 0 Å². The molecule has 0 heteroatoms. The molecule has 2 fully saturated rings. The number of rotatable bonds is 17. The van der Waals surface area contributed by atoms with E-state index in [-0.39, 0.29) is 0 Å². The number of hydrogen-bond acceptors (Lipinski definition) is 0. The van der Waals surface area contributed by atoms with E-state index in [9.17, 15) is 0 Å². The Labute approximate surface area is 261 Å². The van der Waals surface area contributed by atoms with Crippen molar-refractivity contribution in [2.45, 2.75) is 169 Å². The lowest BCUT2D eigenvalue weighted by atomic mass is 9.77. The van der Waals surface area contributed by atoms with Crippen LogP contribution in [0, 0.1) is 37.5 Å². The molecule has 42 heavy (non-hydrogen) atoms. The zero-order valence-electron chi connectivity index (χ0n) is 28.3. The Bertz CT molecular complexity index is 1010. The Hall–Kier alpha value is -1.56. The number of benzene rings is 2. The lowest BCUT2D eigenvalue weighted by Gasteiger charge is -2.28. The van der Waals surface area contributed by atoms with Crippen molar-refractivity contribution in [2.75, 3.05) is 0 Å². The first-order valence-corrected chi connectivity index (χ1v) is 18.7. The van der Waals surface area contributed by atoms with E-state index in [1.54, 1.807) is 5.56 Å². The molecule has 0 bridgehead atoms. The molecule has 0 N–H and O–H groups in total. The zero-order valence-corrected chi connectivity index (χ0v) is 28.3. The molecular formula is C42H66. The molecule has 2 aromatic rings. The van der Waals surface area contributed by atoms with Gasteiger partial charge in [-0.3, -0.25) is 0 Å². The van der Waals surface area contributed by atoms with Crippen LogP contribution in [0.4, 0.5) is 0 Å². The topological polar surface area (TPSA) is 0 Å². The molecule has 2 saturated carbocycles. The number of unbranched alkanes of at least 4 members (excludes halogenated alkanes) is 6. The first-order valence-electron chi connectivity index (χ1n) is 18.7. The van der Waals surface area contributed by atoms with Gasteiger partial charge in [-0.15, -0.1) is 0 Å². The van der Waals surface area contributed by atoms with Gasteiger partial charge in [0.1, 0.15) is 0 Å². The summed E-state index contributed by atoms with van der Waals surface area (Å²) < 4.78 is 0. The second kappa shape index (κ2) is 18.3. The van der Waals surface area contributed by atoms with Crippen LogP contribution in [0.5, 0.6) is 0 Å². The Morgan fingerprint density at radius 3 is 1.67 bits per heavy atom. The van der Waals surface area contributed by atoms with Crippen molar-refractivity contribution < 1.29 is 0 Å². The average Bonchev–Trinajstić information content (AvgIpc) is 3.00. The molecule has 0 spiro atoms. The van der Waals surface area contributed by atoms with Gasteiger partial charge in [0.2, 0.25) is 0 Å². The molecule has 2 aliphatic rings. The van der Waals surface area contributed by atoms with Gasteiger partial charge in [0.05, 0.1) is 0 Å². The van der Waals surface area contributed by atoms with Crippen LogP contribution >= 0.6 is 0 Å². The molecule has 0 atom stereocenters. The fourth-order valence-corrected chi connectivity index (χ4v) is 8.50. The molecule has 0 amide bonds. The summed E-state index contributed by atoms with van der Waals surface area (Å²) in [7, 11) is 0. The van der Waals surface area contributed by atoms with Crippen molar-refractivity contribution in [1.82, 2.24) is 0 Å². The summed E-state index contributed by atoms with van der Waals surface area (Å²) in [5, 5.41) is 0. The van der Waals surface area contributed by atoms with Crippen LogP contribution in [-0.4, -0.2) is 0 Å². The van der Waals surface area contributed by atoms with Gasteiger partial charge in [-0.1, -0.05) is 166 Å². The van der Waals surface area contributed by atoms with Crippen LogP contribution in [-0.2, 0) is 12.8 Å². The van der Waals surface area contributed by atoms with Crippen LogP contribution in [0.1, 0.15) is 165 Å². The molecule has 0 aromatic heterocycles. The summed E-state index contributed by atoms with van der Waals surface area (Å²) in [6.07, 6.45) is 31.6. The van der Waals surface area contributed by atoms with Gasteiger partial charge in [-0.2, -0.15) is 0 Å². The van der Waals surface area contributed by atoms with Gasteiger partial charge < -0.3 is 0 Å². The molecule has 234 valence electrons. The highest BCUT2D eigenvalue weighted by molar-refractivity contribution is 5.68. The molecule has 0 nitrogen and oxygen atoms in total. The first kappa shape index (κ1) is 33.3. The van der Waals surface area contributed by atoms with Crippen molar-refractivity contribution in [3.05, 3.63) is 58.7 Å². The molecule has 0 aliphatic heterocycles. The highest BCUT2D eigenvalue weighted by Crippen LogP contribution is 2.36. The number of aryl methyl sites for hydroxylation is 4. The third kappa shape index (κ3) is 10.9. The summed E-state index contributed by atoms with van der Waals surface area (Å²) in [5.41, 5.74) is 8.87. The van der Waals surface area contributed by atoms with Crippen LogP contribution in [0.3, 0.4) is 0 Å². The van der Waals surface area contributed by atoms with E-state index in [4.69, 9.17) is 0 Å². The predicted octanol–water partition coefficient (Wildman–Crippen LogP) is 13.4. The van der Waals surface area contributed by atoms with E-state index in [1.165, 1.54) is 169 Å². The van der Waals surface area contributed by atoms with E-state index in [1.807, 2.05) is 0 Å².